The summed E-state index contributed by atoms with van der Waals surface area (Å²) in [6.07, 6.45) is 4.71. The van der Waals surface area contributed by atoms with Crippen LogP contribution in [0.1, 0.15) is 42.2 Å². The molecule has 1 aliphatic rings. The van der Waals surface area contributed by atoms with Crippen molar-refractivity contribution in [1.29, 1.82) is 0 Å². The number of halogens is 1. The standard InChI is InChI=1S/C20H27NO2S.ClH/c1-15-7-2-5-10-18(15)23-14-17(22)13-21-20(16-8-3-4-9-16)19-11-6-12-24-19;/h2,5-7,10-12,16-17,20-22H,3-4,8-9,13-14H2,1H3;1H. The summed E-state index contributed by atoms with van der Waals surface area (Å²) in [5.41, 5.74) is 1.10. The van der Waals surface area contributed by atoms with Crippen molar-refractivity contribution in [2.24, 2.45) is 5.92 Å². The summed E-state index contributed by atoms with van der Waals surface area (Å²) < 4.78 is 5.76. The third-order valence-electron chi connectivity index (χ3n) is 4.82. The Bertz CT molecular complexity index is 614. The van der Waals surface area contributed by atoms with Crippen molar-refractivity contribution in [3.8, 4) is 5.75 Å². The minimum Gasteiger partial charge on any atom is -0.491 e. The van der Waals surface area contributed by atoms with Crippen LogP contribution in [0.5, 0.6) is 5.75 Å². The van der Waals surface area contributed by atoms with Gasteiger partial charge in [-0.1, -0.05) is 37.1 Å². The molecule has 138 valence electrons. The summed E-state index contributed by atoms with van der Waals surface area (Å²) in [4.78, 5) is 1.38. The van der Waals surface area contributed by atoms with Crippen LogP contribution in [-0.4, -0.2) is 24.4 Å². The van der Waals surface area contributed by atoms with Gasteiger partial charge in [-0.3, -0.25) is 0 Å². The molecule has 0 radical (unpaired) electrons. The lowest BCUT2D eigenvalue weighted by Gasteiger charge is -2.25. The summed E-state index contributed by atoms with van der Waals surface area (Å²) in [5, 5.41) is 16.0. The van der Waals surface area contributed by atoms with Crippen LogP contribution < -0.4 is 10.1 Å². The number of hydrogen-bond donors (Lipinski definition) is 2. The Morgan fingerprint density at radius 1 is 1.20 bits per heavy atom. The molecule has 0 bridgehead atoms. The third kappa shape index (κ3) is 5.71. The average molecular weight is 382 g/mol. The summed E-state index contributed by atoms with van der Waals surface area (Å²) in [6.45, 7) is 2.90. The zero-order valence-electron chi connectivity index (χ0n) is 14.7. The fourth-order valence-corrected chi connectivity index (χ4v) is 4.38. The number of rotatable bonds is 8. The van der Waals surface area contributed by atoms with Gasteiger partial charge in [0.05, 0.1) is 0 Å². The molecular formula is C20H28ClNO2S. The Kier molecular flexibility index (Phi) is 8.24. The maximum Gasteiger partial charge on any atom is 0.122 e. The number of benzene rings is 1. The van der Waals surface area contributed by atoms with Gasteiger partial charge in [-0.2, -0.15) is 0 Å². The molecule has 1 aromatic heterocycles. The van der Waals surface area contributed by atoms with Crippen LogP contribution in [0.3, 0.4) is 0 Å². The van der Waals surface area contributed by atoms with Crippen molar-refractivity contribution in [1.82, 2.24) is 5.32 Å². The van der Waals surface area contributed by atoms with Crippen molar-refractivity contribution in [3.05, 3.63) is 52.2 Å². The molecule has 1 heterocycles. The molecule has 0 spiro atoms. The largest absolute Gasteiger partial charge is 0.491 e. The van der Waals surface area contributed by atoms with Gasteiger partial charge in [0.25, 0.3) is 0 Å². The highest BCUT2D eigenvalue weighted by Gasteiger charge is 2.27. The van der Waals surface area contributed by atoms with E-state index in [1.54, 1.807) is 11.3 Å². The molecule has 2 aromatic rings. The van der Waals surface area contributed by atoms with Crippen LogP contribution in [0.25, 0.3) is 0 Å². The van der Waals surface area contributed by atoms with E-state index in [9.17, 15) is 5.11 Å². The SMILES string of the molecule is Cc1ccccc1OCC(O)CNC(c1cccs1)C1CCCC1.Cl. The minimum absolute atomic E-state index is 0. The van der Waals surface area contributed by atoms with Gasteiger partial charge in [-0.15, -0.1) is 23.7 Å². The molecule has 1 fully saturated rings. The Morgan fingerprint density at radius 2 is 1.96 bits per heavy atom. The number of aliphatic hydroxyl groups is 1. The Balaban J connectivity index is 0.00000225. The first-order chi connectivity index (χ1) is 11.7. The van der Waals surface area contributed by atoms with Crippen molar-refractivity contribution in [3.63, 3.8) is 0 Å². The maximum atomic E-state index is 10.3. The van der Waals surface area contributed by atoms with Crippen molar-refractivity contribution < 1.29 is 9.84 Å². The number of thiophene rings is 1. The van der Waals surface area contributed by atoms with E-state index in [1.807, 2.05) is 31.2 Å². The molecular weight excluding hydrogens is 354 g/mol. The van der Waals surface area contributed by atoms with Gasteiger partial charge in [0.1, 0.15) is 18.5 Å². The first-order valence-electron chi connectivity index (χ1n) is 8.87. The summed E-state index contributed by atoms with van der Waals surface area (Å²) in [6, 6.07) is 12.6. The second kappa shape index (κ2) is 10.2. The van der Waals surface area contributed by atoms with Crippen LogP contribution >= 0.6 is 23.7 Å². The first kappa shape index (κ1) is 20.2. The highest BCUT2D eigenvalue weighted by molar-refractivity contribution is 7.10. The van der Waals surface area contributed by atoms with Gasteiger partial charge in [0, 0.05) is 17.5 Å². The van der Waals surface area contributed by atoms with E-state index in [0.717, 1.165) is 11.3 Å². The summed E-state index contributed by atoms with van der Waals surface area (Å²) in [7, 11) is 0. The van der Waals surface area contributed by atoms with Crippen molar-refractivity contribution >= 4 is 23.7 Å². The molecule has 25 heavy (non-hydrogen) atoms. The van der Waals surface area contributed by atoms with Gasteiger partial charge < -0.3 is 15.2 Å². The second-order valence-corrected chi connectivity index (χ2v) is 7.66. The molecule has 2 unspecified atom stereocenters. The quantitative estimate of drug-likeness (QED) is 0.693. The Labute approximate surface area is 160 Å². The molecule has 2 atom stereocenters. The molecule has 2 N–H and O–H groups in total. The topological polar surface area (TPSA) is 41.5 Å². The van der Waals surface area contributed by atoms with E-state index in [-0.39, 0.29) is 12.4 Å². The fourth-order valence-electron chi connectivity index (χ4n) is 3.48. The molecule has 5 heteroatoms. The molecule has 0 amide bonds. The van der Waals surface area contributed by atoms with E-state index in [4.69, 9.17) is 4.74 Å². The normalized spacial score (nSPS) is 17.0. The predicted molar refractivity (Wildman–Crippen MR) is 107 cm³/mol. The van der Waals surface area contributed by atoms with Gasteiger partial charge in [-0.25, -0.2) is 0 Å². The van der Waals surface area contributed by atoms with Crippen LogP contribution in [0, 0.1) is 12.8 Å². The van der Waals surface area contributed by atoms with Crippen LogP contribution in [-0.2, 0) is 0 Å². The smallest absolute Gasteiger partial charge is 0.122 e. The maximum absolute atomic E-state index is 10.3. The lowest BCUT2D eigenvalue weighted by atomic mass is 9.96. The summed E-state index contributed by atoms with van der Waals surface area (Å²) >= 11 is 1.81. The van der Waals surface area contributed by atoms with Gasteiger partial charge in [-0.05, 0) is 48.8 Å². The van der Waals surface area contributed by atoms with E-state index in [1.165, 1.54) is 30.6 Å². The number of aliphatic hydroxyl groups excluding tert-OH is 1. The lowest BCUT2D eigenvalue weighted by Crippen LogP contribution is -2.36. The third-order valence-corrected chi connectivity index (χ3v) is 5.77. The zero-order chi connectivity index (χ0) is 16.8. The van der Waals surface area contributed by atoms with E-state index >= 15 is 0 Å². The van der Waals surface area contributed by atoms with Crippen LogP contribution in [0.2, 0.25) is 0 Å². The second-order valence-electron chi connectivity index (χ2n) is 6.68. The summed E-state index contributed by atoms with van der Waals surface area (Å²) in [5.74, 6) is 1.54. The highest BCUT2D eigenvalue weighted by Crippen LogP contribution is 2.37. The number of ether oxygens (including phenoxy) is 1. The highest BCUT2D eigenvalue weighted by atomic mass is 35.5. The molecule has 1 aliphatic carbocycles. The molecule has 1 aromatic carbocycles. The molecule has 0 saturated heterocycles. The average Bonchev–Trinajstić information content (AvgIpc) is 3.28. The Morgan fingerprint density at radius 3 is 2.64 bits per heavy atom. The monoisotopic (exact) mass is 381 g/mol. The zero-order valence-corrected chi connectivity index (χ0v) is 16.3. The molecule has 0 aliphatic heterocycles. The Hall–Kier alpha value is -1.07. The van der Waals surface area contributed by atoms with Gasteiger partial charge in [0.2, 0.25) is 0 Å². The van der Waals surface area contributed by atoms with Crippen molar-refractivity contribution in [2.45, 2.75) is 44.8 Å². The van der Waals surface area contributed by atoms with E-state index in [2.05, 4.69) is 22.8 Å². The van der Waals surface area contributed by atoms with Gasteiger partial charge >= 0.3 is 0 Å². The number of hydrogen-bond acceptors (Lipinski definition) is 4. The number of nitrogens with one attached hydrogen (secondary N) is 1. The van der Waals surface area contributed by atoms with Crippen LogP contribution in [0.4, 0.5) is 0 Å². The van der Waals surface area contributed by atoms with Gasteiger partial charge in [0.15, 0.2) is 0 Å². The van der Waals surface area contributed by atoms with Crippen molar-refractivity contribution in [2.75, 3.05) is 13.2 Å². The lowest BCUT2D eigenvalue weighted by molar-refractivity contribution is 0.101. The molecule has 1 saturated carbocycles. The number of aryl methyl sites for hydroxylation is 1. The minimum atomic E-state index is -0.506. The number of para-hydroxylation sites is 1. The predicted octanol–water partition coefficient (Wildman–Crippen LogP) is 4.74. The molecule has 3 rings (SSSR count). The first-order valence-corrected chi connectivity index (χ1v) is 9.75. The van der Waals surface area contributed by atoms with E-state index < -0.39 is 6.10 Å². The fraction of sp³-hybridized carbons (Fsp3) is 0.500. The van der Waals surface area contributed by atoms with Crippen LogP contribution in [0.15, 0.2) is 41.8 Å². The van der Waals surface area contributed by atoms with E-state index in [0.29, 0.717) is 25.1 Å². The molecule has 3 nitrogen and oxygen atoms in total.